The number of esters is 1. The van der Waals surface area contributed by atoms with Crippen molar-refractivity contribution in [3.8, 4) is 0 Å². The Bertz CT molecular complexity index is 760. The highest BCUT2D eigenvalue weighted by atomic mass is 32.1. The lowest BCUT2D eigenvalue weighted by Crippen LogP contribution is -2.31. The molecule has 1 aliphatic rings. The van der Waals surface area contributed by atoms with Gasteiger partial charge >= 0.3 is 5.97 Å². The van der Waals surface area contributed by atoms with Gasteiger partial charge in [0.1, 0.15) is 0 Å². The Morgan fingerprint density at radius 2 is 2.12 bits per heavy atom. The molecule has 0 radical (unpaired) electrons. The number of H-pyrrole nitrogens is 1. The summed E-state index contributed by atoms with van der Waals surface area (Å²) >= 11 is 1.68. The van der Waals surface area contributed by atoms with Crippen LogP contribution in [0.25, 0.3) is 0 Å². The molecule has 0 aliphatic heterocycles. The average molecular weight is 360 g/mol. The summed E-state index contributed by atoms with van der Waals surface area (Å²) in [5.41, 5.74) is 3.64. The molecule has 0 amide bonds. The second-order valence-electron chi connectivity index (χ2n) is 6.54. The van der Waals surface area contributed by atoms with Crippen LogP contribution in [0.5, 0.6) is 0 Å². The van der Waals surface area contributed by atoms with Crippen molar-refractivity contribution >= 4 is 23.1 Å². The summed E-state index contributed by atoms with van der Waals surface area (Å²) < 4.78 is 5.10. The lowest BCUT2D eigenvalue weighted by Gasteiger charge is -2.20. The lowest BCUT2D eigenvalue weighted by molar-refractivity contribution is 0.0525. The van der Waals surface area contributed by atoms with Crippen LogP contribution in [0.4, 0.5) is 0 Å². The Hall–Kier alpha value is -1.92. The number of rotatable bonds is 8. The standard InChI is InChI=1S/C19H24N2O3S/c1-4-24-19(23)17-12(2)18(20-13(17)3)16(22)10-21(15-5-6-15)9-14-7-8-25-11-14/h7-8,11,15,20H,4-6,9-10H2,1-3H3. The van der Waals surface area contributed by atoms with E-state index in [0.717, 1.165) is 19.4 Å². The molecule has 0 bridgehead atoms. The van der Waals surface area contributed by atoms with Gasteiger partial charge in [0.05, 0.1) is 24.4 Å². The van der Waals surface area contributed by atoms with E-state index in [1.54, 1.807) is 25.2 Å². The molecule has 1 aliphatic carbocycles. The molecule has 3 rings (SSSR count). The molecule has 6 heteroatoms. The van der Waals surface area contributed by atoms with E-state index in [9.17, 15) is 9.59 Å². The van der Waals surface area contributed by atoms with Gasteiger partial charge in [-0.3, -0.25) is 9.69 Å². The second kappa shape index (κ2) is 7.54. The van der Waals surface area contributed by atoms with Gasteiger partial charge in [0.2, 0.25) is 0 Å². The molecule has 1 N–H and O–H groups in total. The minimum atomic E-state index is -0.370. The Morgan fingerprint density at radius 1 is 1.36 bits per heavy atom. The Labute approximate surface area is 152 Å². The SMILES string of the molecule is CCOC(=O)c1c(C)[nH]c(C(=O)CN(Cc2ccsc2)C2CC2)c1C. The first kappa shape index (κ1) is 17.9. The van der Waals surface area contributed by atoms with Crippen LogP contribution in [0.2, 0.25) is 0 Å². The predicted octanol–water partition coefficient (Wildman–Crippen LogP) is 3.72. The zero-order valence-electron chi connectivity index (χ0n) is 14.9. The number of hydrogen-bond acceptors (Lipinski definition) is 5. The largest absolute Gasteiger partial charge is 0.462 e. The van der Waals surface area contributed by atoms with Crippen LogP contribution < -0.4 is 0 Å². The monoisotopic (exact) mass is 360 g/mol. The van der Waals surface area contributed by atoms with Crippen LogP contribution in [-0.2, 0) is 11.3 Å². The third-order valence-corrected chi connectivity index (χ3v) is 5.30. The van der Waals surface area contributed by atoms with Gasteiger partial charge in [0, 0.05) is 18.3 Å². The number of thiophene rings is 1. The highest BCUT2D eigenvalue weighted by Crippen LogP contribution is 2.29. The van der Waals surface area contributed by atoms with E-state index in [1.165, 1.54) is 5.56 Å². The molecule has 5 nitrogen and oxygen atoms in total. The number of carbonyl (C=O) groups excluding carboxylic acids is 2. The van der Waals surface area contributed by atoms with Gasteiger partial charge in [-0.15, -0.1) is 0 Å². The molecule has 0 atom stereocenters. The first-order valence-corrected chi connectivity index (χ1v) is 9.60. The van der Waals surface area contributed by atoms with E-state index in [4.69, 9.17) is 4.74 Å². The van der Waals surface area contributed by atoms with Crippen LogP contribution in [0.15, 0.2) is 16.8 Å². The van der Waals surface area contributed by atoms with E-state index in [1.807, 2.05) is 6.92 Å². The van der Waals surface area contributed by atoms with Gasteiger partial charge in [-0.05, 0) is 61.6 Å². The molecule has 0 saturated heterocycles. The molecule has 2 aromatic rings. The summed E-state index contributed by atoms with van der Waals surface area (Å²) in [6.45, 7) is 6.87. The average Bonchev–Trinajstić information content (AvgIpc) is 3.21. The smallest absolute Gasteiger partial charge is 0.340 e. The number of ketones is 1. The lowest BCUT2D eigenvalue weighted by atomic mass is 10.1. The Kier molecular flexibility index (Phi) is 5.39. The fourth-order valence-electron chi connectivity index (χ4n) is 3.17. The molecular formula is C19H24N2O3S. The van der Waals surface area contributed by atoms with Crippen molar-refractivity contribution in [1.82, 2.24) is 9.88 Å². The normalized spacial score (nSPS) is 14.1. The third kappa shape index (κ3) is 4.02. The molecular weight excluding hydrogens is 336 g/mol. The van der Waals surface area contributed by atoms with Crippen molar-refractivity contribution in [2.45, 2.75) is 46.2 Å². The summed E-state index contributed by atoms with van der Waals surface area (Å²) in [5, 5.41) is 4.19. The predicted molar refractivity (Wildman–Crippen MR) is 98.3 cm³/mol. The molecule has 0 unspecified atom stereocenters. The quantitative estimate of drug-likeness (QED) is 0.576. The van der Waals surface area contributed by atoms with E-state index in [0.29, 0.717) is 41.7 Å². The maximum atomic E-state index is 12.9. The van der Waals surface area contributed by atoms with Gasteiger partial charge in [0.25, 0.3) is 0 Å². The molecule has 0 spiro atoms. The van der Waals surface area contributed by atoms with Crippen LogP contribution in [0.3, 0.4) is 0 Å². The van der Waals surface area contributed by atoms with Crippen molar-refractivity contribution in [2.24, 2.45) is 0 Å². The fraction of sp³-hybridized carbons (Fsp3) is 0.474. The number of aromatic amines is 1. The van der Waals surface area contributed by atoms with Gasteiger partial charge in [-0.25, -0.2) is 4.79 Å². The van der Waals surface area contributed by atoms with E-state index < -0.39 is 0 Å². The zero-order valence-corrected chi connectivity index (χ0v) is 15.7. The van der Waals surface area contributed by atoms with E-state index >= 15 is 0 Å². The molecule has 2 aromatic heterocycles. The number of aryl methyl sites for hydroxylation is 1. The van der Waals surface area contributed by atoms with E-state index in [2.05, 4.69) is 26.7 Å². The highest BCUT2D eigenvalue weighted by molar-refractivity contribution is 7.07. The van der Waals surface area contributed by atoms with Gasteiger partial charge < -0.3 is 9.72 Å². The van der Waals surface area contributed by atoms with Crippen LogP contribution >= 0.6 is 11.3 Å². The molecule has 2 heterocycles. The fourth-order valence-corrected chi connectivity index (χ4v) is 3.83. The summed E-state index contributed by atoms with van der Waals surface area (Å²) in [7, 11) is 0. The summed E-state index contributed by atoms with van der Waals surface area (Å²) in [6.07, 6.45) is 2.29. The Balaban J connectivity index is 1.76. The first-order valence-electron chi connectivity index (χ1n) is 8.65. The first-order chi connectivity index (χ1) is 12.0. The van der Waals surface area contributed by atoms with Crippen molar-refractivity contribution in [2.75, 3.05) is 13.2 Å². The summed E-state index contributed by atoms with van der Waals surface area (Å²) in [5.74, 6) is -0.344. The number of Topliss-reactive ketones (excluding diaryl/α,β-unsaturated/α-hetero) is 1. The van der Waals surface area contributed by atoms with Crippen LogP contribution in [0.1, 0.15) is 57.4 Å². The third-order valence-electron chi connectivity index (χ3n) is 4.57. The second-order valence-corrected chi connectivity index (χ2v) is 7.32. The Morgan fingerprint density at radius 3 is 2.72 bits per heavy atom. The number of nitrogens with one attached hydrogen (secondary N) is 1. The highest BCUT2D eigenvalue weighted by Gasteiger charge is 2.32. The molecule has 25 heavy (non-hydrogen) atoms. The van der Waals surface area contributed by atoms with Crippen molar-refractivity contribution in [3.05, 3.63) is 44.9 Å². The van der Waals surface area contributed by atoms with Crippen LogP contribution in [0, 0.1) is 13.8 Å². The number of nitrogens with zero attached hydrogens (tertiary/aromatic N) is 1. The minimum Gasteiger partial charge on any atom is -0.462 e. The number of carbonyl (C=O) groups is 2. The number of hydrogen-bond donors (Lipinski definition) is 1. The maximum Gasteiger partial charge on any atom is 0.340 e. The van der Waals surface area contributed by atoms with Gasteiger partial charge in [0.15, 0.2) is 5.78 Å². The van der Waals surface area contributed by atoms with Gasteiger partial charge in [-0.1, -0.05) is 0 Å². The zero-order chi connectivity index (χ0) is 18.0. The molecule has 134 valence electrons. The van der Waals surface area contributed by atoms with Crippen molar-refractivity contribution in [1.29, 1.82) is 0 Å². The van der Waals surface area contributed by atoms with Crippen molar-refractivity contribution < 1.29 is 14.3 Å². The number of ether oxygens (including phenoxy) is 1. The number of aromatic nitrogens is 1. The topological polar surface area (TPSA) is 62.4 Å². The van der Waals surface area contributed by atoms with Crippen molar-refractivity contribution in [3.63, 3.8) is 0 Å². The van der Waals surface area contributed by atoms with Crippen LogP contribution in [-0.4, -0.2) is 40.8 Å². The molecule has 0 aromatic carbocycles. The summed E-state index contributed by atoms with van der Waals surface area (Å²) in [4.78, 5) is 30.3. The summed E-state index contributed by atoms with van der Waals surface area (Å²) in [6, 6.07) is 2.60. The van der Waals surface area contributed by atoms with E-state index in [-0.39, 0.29) is 11.8 Å². The van der Waals surface area contributed by atoms with Gasteiger partial charge in [-0.2, -0.15) is 11.3 Å². The molecule has 1 saturated carbocycles. The minimum absolute atomic E-state index is 0.0262. The maximum absolute atomic E-state index is 12.9. The molecule has 1 fully saturated rings.